The number of ether oxygens (including phenoxy) is 1. The molecule has 8 heteroatoms. The number of hydrogen-bond donors (Lipinski definition) is 0. The van der Waals surface area contributed by atoms with Gasteiger partial charge in [0.2, 0.25) is 10.0 Å². The molecule has 1 fully saturated rings. The van der Waals surface area contributed by atoms with Crippen LogP contribution in [0.5, 0.6) is 5.75 Å². The molecule has 2 aromatic heterocycles. The number of aryl methyl sites for hydroxylation is 1. The molecule has 3 heterocycles. The zero-order chi connectivity index (χ0) is 17.4. The van der Waals surface area contributed by atoms with Gasteiger partial charge in [0.05, 0.1) is 11.7 Å². The molecule has 0 spiro atoms. The molecule has 0 aliphatic carbocycles. The highest BCUT2D eigenvalue weighted by molar-refractivity contribution is 7.89. The van der Waals surface area contributed by atoms with Crippen molar-refractivity contribution in [2.24, 2.45) is 7.05 Å². The second kappa shape index (κ2) is 6.20. The van der Waals surface area contributed by atoms with E-state index in [0.29, 0.717) is 25.9 Å². The predicted octanol–water partition coefficient (Wildman–Crippen LogP) is 2.40. The molecule has 0 bridgehead atoms. The van der Waals surface area contributed by atoms with E-state index < -0.39 is 10.0 Å². The Kier molecular flexibility index (Phi) is 4.01. The molecule has 1 aliphatic rings. The minimum atomic E-state index is -3.53. The van der Waals surface area contributed by atoms with E-state index in [2.05, 4.69) is 20.3 Å². The van der Waals surface area contributed by atoms with Crippen molar-refractivity contribution in [1.82, 2.24) is 14.0 Å². The maximum atomic E-state index is 12.5. The van der Waals surface area contributed by atoms with Crippen molar-refractivity contribution in [3.05, 3.63) is 42.9 Å². The topological polar surface area (TPSA) is 77.6 Å². The van der Waals surface area contributed by atoms with Crippen LogP contribution in [0.3, 0.4) is 0 Å². The molecule has 0 radical (unpaired) electrons. The Morgan fingerprint density at radius 3 is 2.76 bits per heavy atom. The number of rotatable bonds is 4. The highest BCUT2D eigenvalue weighted by Gasteiger charge is 2.31. The van der Waals surface area contributed by atoms with Gasteiger partial charge in [-0.05, 0) is 31.0 Å². The summed E-state index contributed by atoms with van der Waals surface area (Å²) in [7, 11) is -1.53. The molecular weight excluding hydrogens is 342 g/mol. The Morgan fingerprint density at radius 2 is 2.04 bits per heavy atom. The van der Waals surface area contributed by atoms with E-state index in [9.17, 15) is 8.42 Å². The SMILES string of the molecule is Cn1ccc2c(OC3CCN(S(=O)(=O)c4cnoc4)CC3)cccc21. The largest absolute Gasteiger partial charge is 0.490 e. The normalized spacial score (nSPS) is 17.2. The quantitative estimate of drug-likeness (QED) is 0.713. The van der Waals surface area contributed by atoms with Gasteiger partial charge < -0.3 is 13.8 Å². The van der Waals surface area contributed by atoms with Crippen LogP contribution in [0.2, 0.25) is 0 Å². The van der Waals surface area contributed by atoms with E-state index in [1.54, 1.807) is 0 Å². The fourth-order valence-electron chi connectivity index (χ4n) is 3.22. The van der Waals surface area contributed by atoms with Crippen molar-refractivity contribution in [3.63, 3.8) is 0 Å². The maximum Gasteiger partial charge on any atom is 0.247 e. The fourth-order valence-corrected chi connectivity index (χ4v) is 4.55. The van der Waals surface area contributed by atoms with Crippen LogP contribution in [0.25, 0.3) is 10.9 Å². The molecule has 0 atom stereocenters. The lowest BCUT2D eigenvalue weighted by molar-refractivity contribution is 0.137. The smallest absolute Gasteiger partial charge is 0.247 e. The summed E-state index contributed by atoms with van der Waals surface area (Å²) in [4.78, 5) is 0.0981. The van der Waals surface area contributed by atoms with Crippen LogP contribution >= 0.6 is 0 Å². The Hall–Kier alpha value is -2.32. The summed E-state index contributed by atoms with van der Waals surface area (Å²) >= 11 is 0. The monoisotopic (exact) mass is 361 g/mol. The summed E-state index contributed by atoms with van der Waals surface area (Å²) in [6.45, 7) is 0.839. The first-order chi connectivity index (χ1) is 12.1. The van der Waals surface area contributed by atoms with Crippen molar-refractivity contribution in [3.8, 4) is 5.75 Å². The summed E-state index contributed by atoms with van der Waals surface area (Å²) < 4.78 is 39.3. The van der Waals surface area contributed by atoms with Crippen molar-refractivity contribution in [1.29, 1.82) is 0 Å². The van der Waals surface area contributed by atoms with Crippen molar-refractivity contribution < 1.29 is 17.7 Å². The van der Waals surface area contributed by atoms with E-state index in [1.165, 1.54) is 10.5 Å². The fraction of sp³-hybridized carbons (Fsp3) is 0.353. The third-order valence-corrected chi connectivity index (χ3v) is 6.47. The minimum absolute atomic E-state index is 0.000249. The van der Waals surface area contributed by atoms with Crippen LogP contribution in [0, 0.1) is 0 Å². The third-order valence-electron chi connectivity index (χ3n) is 4.63. The lowest BCUT2D eigenvalue weighted by atomic mass is 10.1. The van der Waals surface area contributed by atoms with Crippen LogP contribution in [0.1, 0.15) is 12.8 Å². The zero-order valence-electron chi connectivity index (χ0n) is 13.8. The van der Waals surface area contributed by atoms with E-state index in [0.717, 1.165) is 22.9 Å². The second-order valence-corrected chi connectivity index (χ2v) is 8.13. The molecule has 1 aromatic carbocycles. The molecule has 7 nitrogen and oxygen atoms in total. The van der Waals surface area contributed by atoms with E-state index in [-0.39, 0.29) is 11.0 Å². The summed E-state index contributed by atoms with van der Waals surface area (Å²) in [6, 6.07) is 8.03. The number of aromatic nitrogens is 2. The molecule has 1 aliphatic heterocycles. The maximum absolute atomic E-state index is 12.5. The Bertz CT molecular complexity index is 971. The molecule has 0 N–H and O–H groups in total. The van der Waals surface area contributed by atoms with Gasteiger partial charge in [0.1, 0.15) is 23.0 Å². The minimum Gasteiger partial charge on any atom is -0.490 e. The van der Waals surface area contributed by atoms with Crippen LogP contribution in [-0.2, 0) is 17.1 Å². The number of benzene rings is 1. The second-order valence-electron chi connectivity index (χ2n) is 6.20. The molecule has 1 saturated heterocycles. The van der Waals surface area contributed by atoms with Crippen LogP contribution in [0.4, 0.5) is 0 Å². The number of piperidine rings is 1. The van der Waals surface area contributed by atoms with Gasteiger partial charge >= 0.3 is 0 Å². The summed E-state index contributed by atoms with van der Waals surface area (Å²) in [5.74, 6) is 0.846. The number of sulfonamides is 1. The number of nitrogens with zero attached hydrogens (tertiary/aromatic N) is 3. The van der Waals surface area contributed by atoms with Crippen molar-refractivity contribution >= 4 is 20.9 Å². The molecular formula is C17H19N3O4S. The summed E-state index contributed by atoms with van der Waals surface area (Å²) in [5, 5.41) is 4.55. The van der Waals surface area contributed by atoms with Gasteiger partial charge in [-0.3, -0.25) is 0 Å². The Labute approximate surface area is 145 Å². The molecule has 0 saturated carbocycles. The lowest BCUT2D eigenvalue weighted by Crippen LogP contribution is -2.41. The molecule has 4 rings (SSSR count). The molecule has 25 heavy (non-hydrogen) atoms. The Balaban J connectivity index is 1.46. The van der Waals surface area contributed by atoms with E-state index >= 15 is 0 Å². The van der Waals surface area contributed by atoms with Crippen molar-refractivity contribution in [2.75, 3.05) is 13.1 Å². The summed E-state index contributed by atoms with van der Waals surface area (Å²) in [6.07, 6.45) is 5.69. The van der Waals surface area contributed by atoms with E-state index in [1.807, 2.05) is 31.4 Å². The van der Waals surface area contributed by atoms with Gasteiger partial charge in [-0.25, -0.2) is 8.42 Å². The number of fused-ring (bicyclic) bond motifs is 1. The molecule has 3 aromatic rings. The Morgan fingerprint density at radius 1 is 1.24 bits per heavy atom. The van der Waals surface area contributed by atoms with Crippen LogP contribution in [-0.4, -0.2) is 41.6 Å². The lowest BCUT2D eigenvalue weighted by Gasteiger charge is -2.31. The standard InChI is InChI=1S/C17H19N3O4S/c1-19-8-7-15-16(19)3-2-4-17(15)24-13-5-9-20(10-6-13)25(21,22)14-11-18-23-12-14/h2-4,7-8,11-13H,5-6,9-10H2,1H3. The van der Waals surface area contributed by atoms with Gasteiger partial charge in [0, 0.05) is 31.7 Å². The van der Waals surface area contributed by atoms with E-state index in [4.69, 9.17) is 4.74 Å². The zero-order valence-corrected chi connectivity index (χ0v) is 14.6. The average molecular weight is 361 g/mol. The first-order valence-corrected chi connectivity index (χ1v) is 9.60. The number of hydrogen-bond acceptors (Lipinski definition) is 5. The van der Waals surface area contributed by atoms with Gasteiger partial charge in [-0.15, -0.1) is 0 Å². The first-order valence-electron chi connectivity index (χ1n) is 8.16. The van der Waals surface area contributed by atoms with Crippen molar-refractivity contribution in [2.45, 2.75) is 23.8 Å². The van der Waals surface area contributed by atoms with Crippen LogP contribution in [0.15, 0.2) is 52.3 Å². The third kappa shape index (κ3) is 2.91. The molecule has 0 unspecified atom stereocenters. The molecule has 132 valence electrons. The van der Waals surface area contributed by atoms with Gasteiger partial charge in [-0.2, -0.15) is 4.31 Å². The van der Waals surface area contributed by atoms with Crippen LogP contribution < -0.4 is 4.74 Å². The highest BCUT2D eigenvalue weighted by atomic mass is 32.2. The molecule has 0 amide bonds. The average Bonchev–Trinajstić information content (AvgIpc) is 3.27. The predicted molar refractivity (Wildman–Crippen MR) is 91.8 cm³/mol. The summed E-state index contributed by atoms with van der Waals surface area (Å²) in [5.41, 5.74) is 1.12. The highest BCUT2D eigenvalue weighted by Crippen LogP contribution is 2.29. The van der Waals surface area contributed by atoms with Gasteiger partial charge in [-0.1, -0.05) is 11.2 Å². The van der Waals surface area contributed by atoms with Gasteiger partial charge in [0.25, 0.3) is 0 Å². The van der Waals surface area contributed by atoms with Gasteiger partial charge in [0.15, 0.2) is 0 Å². The first kappa shape index (κ1) is 16.2.